The zero-order valence-electron chi connectivity index (χ0n) is 16.8. The van der Waals surface area contributed by atoms with Gasteiger partial charge < -0.3 is 24.2 Å². The van der Waals surface area contributed by atoms with Gasteiger partial charge in [-0.2, -0.15) is 0 Å². The van der Waals surface area contributed by atoms with Gasteiger partial charge in [0.05, 0.1) is 24.4 Å². The summed E-state index contributed by atoms with van der Waals surface area (Å²) in [6.45, 7) is 3.11. The number of amides is 1. The van der Waals surface area contributed by atoms with Crippen LogP contribution in [-0.4, -0.2) is 64.2 Å². The first-order valence-electron chi connectivity index (χ1n) is 9.40. The molecule has 0 radical (unpaired) electrons. The standard InChI is InChI=1S/C21H23Cl2N3O4/c1-24(18-11-15(22)3-6-19(18)30-14-27)13-21(28)26-9-7-25(8-10-26)16-4-5-17(23)20(12-16)29-2/h3-6,11-12,14H,7-10,13H2,1-2H3. The van der Waals surface area contributed by atoms with Crippen LogP contribution in [0.15, 0.2) is 36.4 Å². The molecule has 0 unspecified atom stereocenters. The topological polar surface area (TPSA) is 62.3 Å². The van der Waals surface area contributed by atoms with Crippen LogP contribution in [0, 0.1) is 0 Å². The fourth-order valence-electron chi connectivity index (χ4n) is 3.39. The number of rotatable bonds is 7. The number of methoxy groups -OCH3 is 1. The van der Waals surface area contributed by atoms with Gasteiger partial charge in [0.15, 0.2) is 5.75 Å². The summed E-state index contributed by atoms with van der Waals surface area (Å²) >= 11 is 12.2. The summed E-state index contributed by atoms with van der Waals surface area (Å²) in [5, 5.41) is 1.06. The summed E-state index contributed by atoms with van der Waals surface area (Å²) in [7, 11) is 3.35. The molecule has 0 aromatic heterocycles. The van der Waals surface area contributed by atoms with Crippen molar-refractivity contribution in [2.45, 2.75) is 0 Å². The number of piperazine rings is 1. The molecule has 30 heavy (non-hydrogen) atoms. The van der Waals surface area contributed by atoms with Gasteiger partial charge in [0.2, 0.25) is 5.91 Å². The second-order valence-corrected chi connectivity index (χ2v) is 7.71. The summed E-state index contributed by atoms with van der Waals surface area (Å²) in [5.41, 5.74) is 1.59. The minimum atomic E-state index is -0.0112. The van der Waals surface area contributed by atoms with Gasteiger partial charge in [-0.3, -0.25) is 9.59 Å². The van der Waals surface area contributed by atoms with Gasteiger partial charge in [0.25, 0.3) is 6.47 Å². The van der Waals surface area contributed by atoms with Crippen molar-refractivity contribution in [3.63, 3.8) is 0 Å². The second-order valence-electron chi connectivity index (χ2n) is 6.87. The number of benzene rings is 2. The van der Waals surface area contributed by atoms with Crippen LogP contribution < -0.4 is 19.3 Å². The molecule has 7 nitrogen and oxygen atoms in total. The first-order chi connectivity index (χ1) is 14.4. The van der Waals surface area contributed by atoms with Crippen LogP contribution in [0.25, 0.3) is 0 Å². The number of nitrogens with zero attached hydrogens (tertiary/aromatic N) is 3. The van der Waals surface area contributed by atoms with Crippen molar-refractivity contribution in [2.75, 3.05) is 56.7 Å². The van der Waals surface area contributed by atoms with Crippen LogP contribution >= 0.6 is 23.2 Å². The Morgan fingerprint density at radius 3 is 2.50 bits per heavy atom. The maximum atomic E-state index is 12.8. The number of carbonyl (C=O) groups excluding carboxylic acids is 2. The smallest absolute Gasteiger partial charge is 0.298 e. The molecule has 1 saturated heterocycles. The Morgan fingerprint density at radius 2 is 1.83 bits per heavy atom. The van der Waals surface area contributed by atoms with Gasteiger partial charge in [0.1, 0.15) is 5.75 Å². The molecule has 1 aliphatic heterocycles. The molecule has 2 aromatic carbocycles. The van der Waals surface area contributed by atoms with Gasteiger partial charge in [-0.15, -0.1) is 0 Å². The van der Waals surface area contributed by atoms with E-state index in [1.807, 2.05) is 23.1 Å². The SMILES string of the molecule is COc1cc(N2CCN(C(=O)CN(C)c3cc(Cl)ccc3OC=O)CC2)ccc1Cl. The lowest BCUT2D eigenvalue weighted by Crippen LogP contribution is -2.51. The number of carbonyl (C=O) groups is 2. The lowest BCUT2D eigenvalue weighted by molar-refractivity contribution is -0.130. The van der Waals surface area contributed by atoms with Crippen LogP contribution in [0.1, 0.15) is 0 Å². The van der Waals surface area contributed by atoms with Crippen LogP contribution in [0.5, 0.6) is 11.5 Å². The van der Waals surface area contributed by atoms with Crippen LogP contribution in [-0.2, 0) is 9.59 Å². The molecule has 0 spiro atoms. The van der Waals surface area contributed by atoms with Gasteiger partial charge >= 0.3 is 0 Å². The van der Waals surface area contributed by atoms with E-state index in [4.69, 9.17) is 32.7 Å². The fourth-order valence-corrected chi connectivity index (χ4v) is 3.75. The number of hydrogen-bond acceptors (Lipinski definition) is 6. The largest absolute Gasteiger partial charge is 0.495 e. The third-order valence-electron chi connectivity index (χ3n) is 5.01. The summed E-state index contributed by atoms with van der Waals surface area (Å²) in [6, 6.07) is 10.6. The van der Waals surface area contributed by atoms with Crippen LogP contribution in [0.2, 0.25) is 10.0 Å². The molecule has 2 aromatic rings. The molecule has 9 heteroatoms. The highest BCUT2D eigenvalue weighted by Crippen LogP contribution is 2.31. The minimum Gasteiger partial charge on any atom is -0.495 e. The van der Waals surface area contributed by atoms with E-state index in [0.29, 0.717) is 59.9 Å². The Hall–Kier alpha value is -2.64. The highest BCUT2D eigenvalue weighted by atomic mass is 35.5. The van der Waals surface area contributed by atoms with E-state index in [1.54, 1.807) is 37.3 Å². The monoisotopic (exact) mass is 451 g/mol. The van der Waals surface area contributed by atoms with Crippen molar-refractivity contribution in [1.82, 2.24) is 4.90 Å². The third kappa shape index (κ3) is 5.09. The lowest BCUT2D eigenvalue weighted by atomic mass is 10.2. The van der Waals surface area contributed by atoms with E-state index in [-0.39, 0.29) is 12.5 Å². The Balaban J connectivity index is 1.60. The average Bonchev–Trinajstić information content (AvgIpc) is 2.75. The molecule has 1 fully saturated rings. The van der Waals surface area contributed by atoms with Crippen LogP contribution in [0.3, 0.4) is 0 Å². The van der Waals surface area contributed by atoms with Crippen molar-refractivity contribution in [3.05, 3.63) is 46.4 Å². The highest BCUT2D eigenvalue weighted by molar-refractivity contribution is 6.32. The molecule has 0 N–H and O–H groups in total. The number of anilines is 2. The lowest BCUT2D eigenvalue weighted by Gasteiger charge is -2.37. The molecule has 0 aliphatic carbocycles. The van der Waals surface area contributed by atoms with Crippen molar-refractivity contribution >= 4 is 47.0 Å². The maximum absolute atomic E-state index is 12.8. The van der Waals surface area contributed by atoms with Crippen LogP contribution in [0.4, 0.5) is 11.4 Å². The van der Waals surface area contributed by atoms with Gasteiger partial charge in [-0.1, -0.05) is 23.2 Å². The molecule has 1 heterocycles. The molecule has 0 saturated carbocycles. The van der Waals surface area contributed by atoms with Gasteiger partial charge in [0, 0.05) is 50.0 Å². The molecule has 0 atom stereocenters. The Bertz CT molecular complexity index is 917. The van der Waals surface area contributed by atoms with Crippen molar-refractivity contribution in [2.24, 2.45) is 0 Å². The quantitative estimate of drug-likeness (QED) is 0.601. The minimum absolute atomic E-state index is 0.0112. The molecule has 1 amide bonds. The summed E-state index contributed by atoms with van der Waals surface area (Å²) in [5.74, 6) is 0.971. The van der Waals surface area contributed by atoms with E-state index in [2.05, 4.69) is 4.90 Å². The zero-order valence-corrected chi connectivity index (χ0v) is 18.3. The van der Waals surface area contributed by atoms with E-state index in [1.165, 1.54) is 0 Å². The normalized spacial score (nSPS) is 13.7. The number of ether oxygens (including phenoxy) is 2. The van der Waals surface area contributed by atoms with Crippen molar-refractivity contribution < 1.29 is 19.1 Å². The van der Waals surface area contributed by atoms with E-state index >= 15 is 0 Å². The Kier molecular flexibility index (Phi) is 7.29. The number of likely N-dealkylation sites (N-methyl/N-ethyl adjacent to an activating group) is 1. The molecule has 3 rings (SSSR count). The molecular weight excluding hydrogens is 429 g/mol. The number of halogens is 2. The molecule has 160 valence electrons. The van der Waals surface area contributed by atoms with E-state index in [9.17, 15) is 9.59 Å². The Labute approximate surface area is 185 Å². The molecule has 1 aliphatic rings. The molecule has 0 bridgehead atoms. The third-order valence-corrected chi connectivity index (χ3v) is 5.56. The van der Waals surface area contributed by atoms with E-state index < -0.39 is 0 Å². The van der Waals surface area contributed by atoms with Crippen molar-refractivity contribution in [3.8, 4) is 11.5 Å². The Morgan fingerprint density at radius 1 is 1.10 bits per heavy atom. The van der Waals surface area contributed by atoms with E-state index in [0.717, 1.165) is 5.69 Å². The second kappa shape index (κ2) is 9.91. The van der Waals surface area contributed by atoms with Gasteiger partial charge in [-0.25, -0.2) is 0 Å². The average molecular weight is 452 g/mol. The highest BCUT2D eigenvalue weighted by Gasteiger charge is 2.23. The first kappa shape index (κ1) is 22.1. The summed E-state index contributed by atoms with van der Waals surface area (Å²) in [4.78, 5) is 29.3. The summed E-state index contributed by atoms with van der Waals surface area (Å²) in [6.07, 6.45) is 0. The maximum Gasteiger partial charge on any atom is 0.298 e. The van der Waals surface area contributed by atoms with Crippen molar-refractivity contribution in [1.29, 1.82) is 0 Å². The van der Waals surface area contributed by atoms with Gasteiger partial charge in [-0.05, 0) is 30.3 Å². The predicted octanol–water partition coefficient (Wildman–Crippen LogP) is 3.32. The fraction of sp³-hybridized carbons (Fsp3) is 0.333. The first-order valence-corrected chi connectivity index (χ1v) is 10.2. The predicted molar refractivity (Wildman–Crippen MR) is 118 cm³/mol. The zero-order chi connectivity index (χ0) is 21.7. The summed E-state index contributed by atoms with van der Waals surface area (Å²) < 4.78 is 10.3. The number of hydrogen-bond donors (Lipinski definition) is 0. The molecular formula is C21H23Cl2N3O4.